The highest BCUT2D eigenvalue weighted by atomic mass is 16.7. The number of urea groups is 1. The molecule has 32 heavy (non-hydrogen) atoms. The van der Waals surface area contributed by atoms with Crippen molar-refractivity contribution in [2.75, 3.05) is 24.8 Å². The summed E-state index contributed by atoms with van der Waals surface area (Å²) in [4.78, 5) is 17.0. The molecular formula is C26H26N2O4. The SMILES string of the molecule is Cc1cc(N2CCCN(Cc3ccc4c(c3)OCO4)C2=O)ccc1OCc1ccccc1. The van der Waals surface area contributed by atoms with Crippen LogP contribution < -0.4 is 19.1 Å². The Morgan fingerprint density at radius 3 is 2.59 bits per heavy atom. The van der Waals surface area contributed by atoms with Crippen molar-refractivity contribution in [3.8, 4) is 17.2 Å². The maximum Gasteiger partial charge on any atom is 0.324 e. The minimum Gasteiger partial charge on any atom is -0.489 e. The van der Waals surface area contributed by atoms with Crippen molar-refractivity contribution >= 4 is 11.7 Å². The summed E-state index contributed by atoms with van der Waals surface area (Å²) in [7, 11) is 0. The van der Waals surface area contributed by atoms with Gasteiger partial charge in [0.15, 0.2) is 11.5 Å². The molecule has 2 heterocycles. The monoisotopic (exact) mass is 430 g/mol. The van der Waals surface area contributed by atoms with Crippen LogP contribution in [0, 0.1) is 6.92 Å². The summed E-state index contributed by atoms with van der Waals surface area (Å²) < 4.78 is 16.8. The van der Waals surface area contributed by atoms with Crippen molar-refractivity contribution in [3.63, 3.8) is 0 Å². The normalized spacial score (nSPS) is 15.2. The zero-order chi connectivity index (χ0) is 21.9. The summed E-state index contributed by atoms with van der Waals surface area (Å²) in [6.07, 6.45) is 0.918. The second-order valence-corrected chi connectivity index (χ2v) is 8.12. The molecule has 2 aliphatic heterocycles. The molecule has 0 aromatic heterocycles. The maximum absolute atomic E-state index is 13.2. The number of benzene rings is 3. The van der Waals surface area contributed by atoms with Crippen molar-refractivity contribution < 1.29 is 19.0 Å². The highest BCUT2D eigenvalue weighted by Crippen LogP contribution is 2.33. The fourth-order valence-corrected chi connectivity index (χ4v) is 4.13. The highest BCUT2D eigenvalue weighted by Gasteiger charge is 2.27. The first-order valence-electron chi connectivity index (χ1n) is 10.9. The second kappa shape index (κ2) is 8.83. The van der Waals surface area contributed by atoms with Gasteiger partial charge in [-0.1, -0.05) is 36.4 Å². The predicted molar refractivity (Wildman–Crippen MR) is 122 cm³/mol. The number of nitrogens with zero attached hydrogens (tertiary/aromatic N) is 2. The summed E-state index contributed by atoms with van der Waals surface area (Å²) in [5.74, 6) is 2.33. The van der Waals surface area contributed by atoms with Crippen LogP contribution in [0.1, 0.15) is 23.1 Å². The zero-order valence-corrected chi connectivity index (χ0v) is 18.1. The molecule has 1 saturated heterocycles. The Hall–Kier alpha value is -3.67. The number of rotatable bonds is 6. The number of amides is 2. The van der Waals surface area contributed by atoms with Gasteiger partial charge in [-0.2, -0.15) is 0 Å². The van der Waals surface area contributed by atoms with E-state index in [1.807, 2.05) is 83.5 Å². The Bertz CT molecular complexity index is 1120. The quantitative estimate of drug-likeness (QED) is 0.544. The van der Waals surface area contributed by atoms with E-state index in [0.717, 1.165) is 52.6 Å². The minimum absolute atomic E-state index is 0.0197. The van der Waals surface area contributed by atoms with Gasteiger partial charge >= 0.3 is 6.03 Å². The van der Waals surface area contributed by atoms with Gasteiger partial charge in [-0.3, -0.25) is 4.90 Å². The van der Waals surface area contributed by atoms with Gasteiger partial charge in [-0.15, -0.1) is 0 Å². The van der Waals surface area contributed by atoms with E-state index in [-0.39, 0.29) is 12.8 Å². The van der Waals surface area contributed by atoms with E-state index < -0.39 is 0 Å². The van der Waals surface area contributed by atoms with Gasteiger partial charge in [-0.05, 0) is 60.4 Å². The number of ether oxygens (including phenoxy) is 3. The summed E-state index contributed by atoms with van der Waals surface area (Å²) >= 11 is 0. The van der Waals surface area contributed by atoms with Gasteiger partial charge in [0, 0.05) is 25.3 Å². The van der Waals surface area contributed by atoms with Crippen molar-refractivity contribution in [1.82, 2.24) is 4.90 Å². The number of carbonyl (C=O) groups excluding carboxylic acids is 1. The van der Waals surface area contributed by atoms with Crippen molar-refractivity contribution in [3.05, 3.63) is 83.4 Å². The summed E-state index contributed by atoms with van der Waals surface area (Å²) in [6, 6.07) is 21.9. The number of anilines is 1. The van der Waals surface area contributed by atoms with Crippen LogP contribution in [0.15, 0.2) is 66.7 Å². The molecule has 6 heteroatoms. The van der Waals surface area contributed by atoms with Gasteiger partial charge < -0.3 is 19.1 Å². The van der Waals surface area contributed by atoms with Crippen molar-refractivity contribution in [2.24, 2.45) is 0 Å². The summed E-state index contributed by atoms with van der Waals surface area (Å²) in [5, 5.41) is 0. The number of aryl methyl sites for hydroxylation is 1. The average molecular weight is 431 g/mol. The molecule has 0 aliphatic carbocycles. The third kappa shape index (κ3) is 4.21. The molecule has 0 radical (unpaired) electrons. The molecule has 3 aromatic rings. The highest BCUT2D eigenvalue weighted by molar-refractivity contribution is 5.93. The van der Waals surface area contributed by atoms with Gasteiger partial charge in [0.1, 0.15) is 12.4 Å². The first-order chi connectivity index (χ1) is 15.7. The number of hydrogen-bond acceptors (Lipinski definition) is 4. The lowest BCUT2D eigenvalue weighted by Gasteiger charge is -2.36. The number of hydrogen-bond donors (Lipinski definition) is 0. The van der Waals surface area contributed by atoms with E-state index in [9.17, 15) is 4.79 Å². The number of fused-ring (bicyclic) bond motifs is 1. The molecular weight excluding hydrogens is 404 g/mol. The predicted octanol–water partition coefficient (Wildman–Crippen LogP) is 5.14. The Kier molecular flexibility index (Phi) is 5.58. The van der Waals surface area contributed by atoms with Crippen LogP contribution in [-0.4, -0.2) is 30.8 Å². The van der Waals surface area contributed by atoms with Crippen molar-refractivity contribution in [1.29, 1.82) is 0 Å². The molecule has 2 aliphatic rings. The second-order valence-electron chi connectivity index (χ2n) is 8.12. The fraction of sp³-hybridized carbons (Fsp3) is 0.269. The third-order valence-corrected chi connectivity index (χ3v) is 5.83. The smallest absolute Gasteiger partial charge is 0.324 e. The molecule has 164 valence electrons. The van der Waals surface area contributed by atoms with Crippen LogP contribution >= 0.6 is 0 Å². The molecule has 6 nitrogen and oxygen atoms in total. The van der Waals surface area contributed by atoms with E-state index in [1.165, 1.54) is 0 Å². The van der Waals surface area contributed by atoms with Crippen LogP contribution in [0.4, 0.5) is 10.5 Å². The first kappa shape index (κ1) is 20.2. The molecule has 1 fully saturated rings. The van der Waals surface area contributed by atoms with Crippen LogP contribution in [0.5, 0.6) is 17.2 Å². The van der Waals surface area contributed by atoms with E-state index in [1.54, 1.807) is 0 Å². The largest absolute Gasteiger partial charge is 0.489 e. The van der Waals surface area contributed by atoms with E-state index in [4.69, 9.17) is 14.2 Å². The van der Waals surface area contributed by atoms with E-state index in [2.05, 4.69) is 0 Å². The van der Waals surface area contributed by atoms with Crippen molar-refractivity contribution in [2.45, 2.75) is 26.5 Å². The fourth-order valence-electron chi connectivity index (χ4n) is 4.13. The Morgan fingerprint density at radius 1 is 0.906 bits per heavy atom. The summed E-state index contributed by atoms with van der Waals surface area (Å²) in [5.41, 5.74) is 4.07. The lowest BCUT2D eigenvalue weighted by molar-refractivity contribution is 0.173. The molecule has 0 atom stereocenters. The van der Waals surface area contributed by atoms with Gasteiger partial charge in [0.25, 0.3) is 0 Å². The van der Waals surface area contributed by atoms with Gasteiger partial charge in [0.05, 0.1) is 0 Å². The van der Waals surface area contributed by atoms with Crippen LogP contribution in [0.2, 0.25) is 0 Å². The average Bonchev–Trinajstić information content (AvgIpc) is 3.28. The molecule has 3 aromatic carbocycles. The molecule has 0 spiro atoms. The lowest BCUT2D eigenvalue weighted by Crippen LogP contribution is -2.49. The molecule has 0 bridgehead atoms. The molecule has 0 saturated carbocycles. The third-order valence-electron chi connectivity index (χ3n) is 5.83. The van der Waals surface area contributed by atoms with E-state index >= 15 is 0 Å². The Labute approximate surface area is 187 Å². The summed E-state index contributed by atoms with van der Waals surface area (Å²) in [6.45, 7) is 4.78. The van der Waals surface area contributed by atoms with Crippen LogP contribution in [0.25, 0.3) is 0 Å². The van der Waals surface area contributed by atoms with Crippen LogP contribution in [-0.2, 0) is 13.2 Å². The molecule has 0 unspecified atom stereocenters. The Morgan fingerprint density at radius 2 is 1.75 bits per heavy atom. The zero-order valence-electron chi connectivity index (χ0n) is 18.1. The Balaban J connectivity index is 1.26. The molecule has 5 rings (SSSR count). The van der Waals surface area contributed by atoms with Gasteiger partial charge in [0.2, 0.25) is 6.79 Å². The lowest BCUT2D eigenvalue weighted by atomic mass is 10.1. The number of carbonyl (C=O) groups is 1. The van der Waals surface area contributed by atoms with Gasteiger partial charge in [-0.25, -0.2) is 4.79 Å². The topological polar surface area (TPSA) is 51.2 Å². The molecule has 2 amide bonds. The molecule has 0 N–H and O–H groups in total. The standard InChI is InChI=1S/C26H26N2O4/c1-19-14-22(9-11-23(19)30-17-20-6-3-2-4-7-20)28-13-5-12-27(26(28)29)16-21-8-10-24-25(15-21)32-18-31-24/h2-4,6-11,14-15H,5,12-13,16-18H2,1H3. The minimum atomic E-state index is 0.0197. The first-order valence-corrected chi connectivity index (χ1v) is 10.9. The maximum atomic E-state index is 13.2. The van der Waals surface area contributed by atoms with E-state index in [0.29, 0.717) is 19.7 Å². The van der Waals surface area contributed by atoms with Crippen LogP contribution in [0.3, 0.4) is 0 Å².